The highest BCUT2D eigenvalue weighted by Gasteiger charge is 2.43. The molecule has 3 aliphatic heterocycles. The maximum Gasteiger partial charge on any atom is 0.337 e. The van der Waals surface area contributed by atoms with Crippen LogP contribution in [0.1, 0.15) is 90.6 Å². The fourth-order valence-corrected chi connectivity index (χ4v) is 8.39. The zero-order valence-electron chi connectivity index (χ0n) is 21.5. The van der Waals surface area contributed by atoms with E-state index in [1.807, 2.05) is 6.07 Å². The zero-order valence-corrected chi connectivity index (χ0v) is 23.9. The van der Waals surface area contributed by atoms with Crippen molar-refractivity contribution in [2.75, 3.05) is 25.2 Å². The highest BCUT2D eigenvalue weighted by Crippen LogP contribution is 2.46. The molecule has 1 aromatic carbocycles. The van der Waals surface area contributed by atoms with Gasteiger partial charge in [-0.05, 0) is 79.4 Å². The van der Waals surface area contributed by atoms with Gasteiger partial charge in [0.25, 0.3) is 0 Å². The van der Waals surface area contributed by atoms with Crippen molar-refractivity contribution in [1.29, 1.82) is 0 Å². The number of methoxy groups -OCH3 is 1. The Morgan fingerprint density at radius 3 is 2.58 bits per heavy atom. The Balaban J connectivity index is 1.07. The topological polar surface area (TPSA) is 86.9 Å². The van der Waals surface area contributed by atoms with Crippen LogP contribution < -0.4 is 4.90 Å². The summed E-state index contributed by atoms with van der Waals surface area (Å²) in [6, 6.07) is 4.51. The SMILES string of the molecule is COC(=O)c1cc(Br)c2nc(N3C4CCC3CC(OCc3c(C5CCOCC5)noc3C3CC3)C4)sc2c1. The van der Waals surface area contributed by atoms with E-state index in [9.17, 15) is 4.79 Å². The third-order valence-electron chi connectivity index (χ3n) is 8.64. The molecule has 0 amide bonds. The van der Waals surface area contributed by atoms with E-state index in [2.05, 4.69) is 26.0 Å². The second kappa shape index (κ2) is 10.2. The first-order chi connectivity index (χ1) is 18.6. The molecule has 7 rings (SSSR count). The molecule has 4 aliphatic rings. The predicted molar refractivity (Wildman–Crippen MR) is 147 cm³/mol. The summed E-state index contributed by atoms with van der Waals surface area (Å²) in [5.74, 6) is 1.66. The van der Waals surface area contributed by atoms with Crippen molar-refractivity contribution >= 4 is 48.6 Å². The fourth-order valence-electron chi connectivity index (χ4n) is 6.54. The number of carbonyl (C=O) groups is 1. The lowest BCUT2D eigenvalue weighted by Crippen LogP contribution is -2.45. The lowest BCUT2D eigenvalue weighted by molar-refractivity contribution is 0.0137. The summed E-state index contributed by atoms with van der Waals surface area (Å²) in [5, 5.41) is 5.58. The molecule has 10 heteroatoms. The van der Waals surface area contributed by atoms with E-state index in [1.54, 1.807) is 17.4 Å². The van der Waals surface area contributed by atoms with Crippen molar-refractivity contribution in [3.63, 3.8) is 0 Å². The van der Waals surface area contributed by atoms with Crippen LogP contribution in [-0.2, 0) is 20.8 Å². The molecule has 2 bridgehead atoms. The molecule has 38 heavy (non-hydrogen) atoms. The Morgan fingerprint density at radius 1 is 1.11 bits per heavy atom. The first kappa shape index (κ1) is 25.0. The van der Waals surface area contributed by atoms with Crippen LogP contribution in [0, 0.1) is 0 Å². The van der Waals surface area contributed by atoms with E-state index in [0.29, 0.717) is 36.1 Å². The van der Waals surface area contributed by atoms with Crippen LogP contribution in [-0.4, -0.2) is 54.6 Å². The van der Waals surface area contributed by atoms with Crippen molar-refractivity contribution in [3.05, 3.63) is 39.2 Å². The van der Waals surface area contributed by atoms with Gasteiger partial charge in [-0.1, -0.05) is 16.5 Å². The molecule has 0 N–H and O–H groups in total. The number of halogens is 1. The highest BCUT2D eigenvalue weighted by atomic mass is 79.9. The number of anilines is 1. The number of nitrogens with zero attached hydrogens (tertiary/aromatic N) is 3. The Hall–Kier alpha value is -2.01. The van der Waals surface area contributed by atoms with Crippen LogP contribution in [0.5, 0.6) is 0 Å². The quantitative estimate of drug-likeness (QED) is 0.291. The Labute approximate surface area is 234 Å². The first-order valence-corrected chi connectivity index (χ1v) is 15.3. The predicted octanol–water partition coefficient (Wildman–Crippen LogP) is 6.32. The zero-order chi connectivity index (χ0) is 25.8. The summed E-state index contributed by atoms with van der Waals surface area (Å²) in [6.07, 6.45) is 8.92. The number of ether oxygens (including phenoxy) is 3. The van der Waals surface area contributed by atoms with Crippen molar-refractivity contribution in [3.8, 4) is 0 Å². The van der Waals surface area contributed by atoms with Gasteiger partial charge >= 0.3 is 5.97 Å². The number of esters is 1. The molecule has 2 aromatic heterocycles. The standard InChI is InChI=1S/C28H32BrN3O5S/c1-34-27(33)17-10-22(29)25-23(11-17)38-28(30-25)32-18-4-5-19(32)13-20(12-18)36-14-21-24(15-6-8-35-9-7-15)31-37-26(21)16-2-3-16/h10-11,15-16,18-20H,2-9,12-14H2,1H3. The smallest absolute Gasteiger partial charge is 0.337 e. The molecule has 0 radical (unpaired) electrons. The first-order valence-electron chi connectivity index (χ1n) is 13.7. The second-order valence-corrected chi connectivity index (χ2v) is 12.9. The van der Waals surface area contributed by atoms with Gasteiger partial charge in [-0.3, -0.25) is 0 Å². The van der Waals surface area contributed by atoms with Crippen LogP contribution in [0.4, 0.5) is 5.13 Å². The van der Waals surface area contributed by atoms with Gasteiger partial charge < -0.3 is 23.6 Å². The van der Waals surface area contributed by atoms with Gasteiger partial charge in [-0.15, -0.1) is 0 Å². The molecule has 3 aromatic rings. The molecule has 3 saturated heterocycles. The lowest BCUT2D eigenvalue weighted by Gasteiger charge is -2.38. The van der Waals surface area contributed by atoms with Gasteiger partial charge in [0.2, 0.25) is 0 Å². The number of hydrogen-bond acceptors (Lipinski definition) is 9. The lowest BCUT2D eigenvalue weighted by atomic mass is 9.92. The fraction of sp³-hybridized carbons (Fsp3) is 0.607. The minimum Gasteiger partial charge on any atom is -0.465 e. The van der Waals surface area contributed by atoms with Crippen molar-refractivity contribution in [2.24, 2.45) is 0 Å². The monoisotopic (exact) mass is 601 g/mol. The number of rotatable bonds is 7. The van der Waals surface area contributed by atoms with Gasteiger partial charge in [-0.25, -0.2) is 9.78 Å². The van der Waals surface area contributed by atoms with Gasteiger partial charge in [-0.2, -0.15) is 0 Å². The Morgan fingerprint density at radius 2 is 1.87 bits per heavy atom. The van der Waals surface area contributed by atoms with E-state index in [1.165, 1.54) is 25.5 Å². The Kier molecular flexibility index (Phi) is 6.70. The summed E-state index contributed by atoms with van der Waals surface area (Å²) >= 11 is 5.27. The minimum atomic E-state index is -0.335. The number of aromatic nitrogens is 2. The summed E-state index contributed by atoms with van der Waals surface area (Å²) in [6.45, 7) is 2.19. The van der Waals surface area contributed by atoms with Crippen LogP contribution in [0.3, 0.4) is 0 Å². The summed E-state index contributed by atoms with van der Waals surface area (Å²) in [7, 11) is 1.41. The molecule has 0 spiro atoms. The summed E-state index contributed by atoms with van der Waals surface area (Å²) in [5.41, 5.74) is 3.77. The van der Waals surface area contributed by atoms with Crippen LogP contribution >= 0.6 is 27.3 Å². The van der Waals surface area contributed by atoms with Crippen molar-refractivity contribution in [2.45, 2.75) is 88.0 Å². The average molecular weight is 603 g/mol. The highest BCUT2D eigenvalue weighted by molar-refractivity contribution is 9.10. The van der Waals surface area contributed by atoms with E-state index in [-0.39, 0.29) is 12.1 Å². The number of benzene rings is 1. The normalized spacial score (nSPS) is 25.8. The molecule has 202 valence electrons. The van der Waals surface area contributed by atoms with E-state index >= 15 is 0 Å². The molecular weight excluding hydrogens is 570 g/mol. The largest absolute Gasteiger partial charge is 0.465 e. The number of thiazole rings is 1. The molecule has 2 unspecified atom stereocenters. The maximum absolute atomic E-state index is 12.1. The third kappa shape index (κ3) is 4.57. The molecule has 1 aliphatic carbocycles. The molecule has 2 atom stereocenters. The maximum atomic E-state index is 12.1. The van der Waals surface area contributed by atoms with Crippen LogP contribution in [0.2, 0.25) is 0 Å². The van der Waals surface area contributed by atoms with Crippen molar-refractivity contribution < 1.29 is 23.5 Å². The van der Waals surface area contributed by atoms with Crippen molar-refractivity contribution in [1.82, 2.24) is 10.1 Å². The number of carbonyl (C=O) groups excluding carboxylic acids is 1. The molecule has 4 fully saturated rings. The van der Waals surface area contributed by atoms with E-state index in [4.69, 9.17) is 23.7 Å². The number of hydrogen-bond donors (Lipinski definition) is 0. The average Bonchev–Trinajstić information content (AvgIpc) is 3.44. The van der Waals surface area contributed by atoms with Gasteiger partial charge in [0, 0.05) is 47.2 Å². The van der Waals surface area contributed by atoms with E-state index < -0.39 is 0 Å². The van der Waals surface area contributed by atoms with Gasteiger partial charge in [0.1, 0.15) is 5.76 Å². The van der Waals surface area contributed by atoms with Crippen LogP contribution in [0.15, 0.2) is 21.1 Å². The van der Waals surface area contributed by atoms with Crippen LogP contribution in [0.25, 0.3) is 10.2 Å². The third-order valence-corrected chi connectivity index (χ3v) is 10.3. The molecule has 8 nitrogen and oxygen atoms in total. The number of piperidine rings is 1. The minimum absolute atomic E-state index is 0.222. The number of fused-ring (bicyclic) bond motifs is 3. The molecular formula is C28H32BrN3O5S. The van der Waals surface area contributed by atoms with Gasteiger partial charge in [0.15, 0.2) is 5.13 Å². The second-order valence-electron chi connectivity index (χ2n) is 11.1. The summed E-state index contributed by atoms with van der Waals surface area (Å²) in [4.78, 5) is 19.6. The Bertz CT molecular complexity index is 1330. The molecule has 1 saturated carbocycles. The van der Waals surface area contributed by atoms with E-state index in [0.717, 1.165) is 83.0 Å². The van der Waals surface area contributed by atoms with Gasteiger partial charge in [0.05, 0.1) is 41.3 Å². The summed E-state index contributed by atoms with van der Waals surface area (Å²) < 4.78 is 24.9. The molecule has 5 heterocycles.